The van der Waals surface area contributed by atoms with Gasteiger partial charge in [-0.3, -0.25) is 4.90 Å². The summed E-state index contributed by atoms with van der Waals surface area (Å²) in [5.41, 5.74) is 4.46. The number of hydrogen-bond acceptors (Lipinski definition) is 3. The van der Waals surface area contributed by atoms with E-state index in [-0.39, 0.29) is 5.97 Å². The predicted octanol–water partition coefficient (Wildman–Crippen LogP) is 4.92. The third-order valence-corrected chi connectivity index (χ3v) is 5.19. The summed E-state index contributed by atoms with van der Waals surface area (Å²) >= 11 is 3.62. The average molecular weight is 400 g/mol. The maximum Gasteiger partial charge on any atom is 0.338 e. The van der Waals surface area contributed by atoms with Gasteiger partial charge in [0.15, 0.2) is 0 Å². The van der Waals surface area contributed by atoms with Gasteiger partial charge in [0.05, 0.1) is 12.2 Å². The molecule has 130 valence electrons. The van der Waals surface area contributed by atoms with Gasteiger partial charge in [0.2, 0.25) is 0 Å². The summed E-state index contributed by atoms with van der Waals surface area (Å²) in [6.07, 6.45) is 3.31. The lowest BCUT2D eigenvalue weighted by atomic mass is 9.98. The second kappa shape index (κ2) is 8.45. The van der Waals surface area contributed by atoms with Gasteiger partial charge in [-0.05, 0) is 48.2 Å². The molecule has 0 saturated carbocycles. The fraction of sp³-hybridized carbons (Fsp3) is 0.286. The van der Waals surface area contributed by atoms with Crippen LogP contribution in [0, 0.1) is 0 Å². The zero-order valence-electron chi connectivity index (χ0n) is 14.4. The lowest BCUT2D eigenvalue weighted by molar-refractivity contribution is 0.0526. The molecule has 4 heteroatoms. The van der Waals surface area contributed by atoms with Crippen molar-refractivity contribution in [3.63, 3.8) is 0 Å². The molecular weight excluding hydrogens is 378 g/mol. The van der Waals surface area contributed by atoms with Gasteiger partial charge < -0.3 is 4.74 Å². The fourth-order valence-electron chi connectivity index (χ4n) is 3.02. The van der Waals surface area contributed by atoms with E-state index < -0.39 is 0 Å². The summed E-state index contributed by atoms with van der Waals surface area (Å²) in [5.74, 6) is -0.258. The van der Waals surface area contributed by atoms with Crippen LogP contribution in [0.2, 0.25) is 0 Å². The van der Waals surface area contributed by atoms with Crippen LogP contribution in [-0.4, -0.2) is 30.6 Å². The van der Waals surface area contributed by atoms with E-state index in [0.29, 0.717) is 12.2 Å². The highest BCUT2D eigenvalue weighted by Crippen LogP contribution is 2.25. The monoisotopic (exact) mass is 399 g/mol. The van der Waals surface area contributed by atoms with E-state index in [1.165, 1.54) is 21.2 Å². The van der Waals surface area contributed by atoms with Crippen LogP contribution in [0.25, 0.3) is 5.57 Å². The molecule has 0 atom stereocenters. The molecule has 0 N–H and O–H groups in total. The Balaban J connectivity index is 1.63. The van der Waals surface area contributed by atoms with Gasteiger partial charge in [0.25, 0.3) is 0 Å². The van der Waals surface area contributed by atoms with Crippen LogP contribution in [0.15, 0.2) is 59.1 Å². The van der Waals surface area contributed by atoms with Crippen molar-refractivity contribution in [1.82, 2.24) is 4.90 Å². The van der Waals surface area contributed by atoms with Crippen molar-refractivity contribution in [3.8, 4) is 0 Å². The number of carbonyl (C=O) groups excluding carboxylic acids is 1. The molecule has 0 fully saturated rings. The van der Waals surface area contributed by atoms with Crippen molar-refractivity contribution in [2.45, 2.75) is 19.9 Å². The molecular formula is C21H22BrNO2. The molecule has 3 nitrogen and oxygen atoms in total. The highest BCUT2D eigenvalue weighted by Gasteiger charge is 2.15. The first-order chi connectivity index (χ1) is 12.2. The quantitative estimate of drug-likeness (QED) is 0.668. The van der Waals surface area contributed by atoms with E-state index in [9.17, 15) is 4.79 Å². The largest absolute Gasteiger partial charge is 0.462 e. The molecule has 0 bridgehead atoms. The number of esters is 1. The lowest BCUT2D eigenvalue weighted by Gasteiger charge is -2.27. The fourth-order valence-corrected chi connectivity index (χ4v) is 3.43. The smallest absolute Gasteiger partial charge is 0.338 e. The van der Waals surface area contributed by atoms with Crippen LogP contribution >= 0.6 is 15.9 Å². The first kappa shape index (κ1) is 17.9. The highest BCUT2D eigenvalue weighted by atomic mass is 79.9. The van der Waals surface area contributed by atoms with E-state index in [1.807, 2.05) is 37.3 Å². The Morgan fingerprint density at radius 2 is 1.92 bits per heavy atom. The van der Waals surface area contributed by atoms with Crippen LogP contribution in [0.5, 0.6) is 0 Å². The van der Waals surface area contributed by atoms with Gasteiger partial charge in [-0.2, -0.15) is 0 Å². The zero-order chi connectivity index (χ0) is 17.6. The minimum absolute atomic E-state index is 0.258. The second-order valence-electron chi connectivity index (χ2n) is 6.10. The third kappa shape index (κ3) is 4.59. The van der Waals surface area contributed by atoms with Gasteiger partial charge in [0.1, 0.15) is 0 Å². The molecule has 3 rings (SSSR count). The molecule has 1 aliphatic heterocycles. The Labute approximate surface area is 157 Å². The number of halogens is 1. The number of rotatable bonds is 5. The van der Waals surface area contributed by atoms with Crippen LogP contribution in [0.4, 0.5) is 0 Å². The maximum atomic E-state index is 11.7. The Hall–Kier alpha value is -1.91. The van der Waals surface area contributed by atoms with Gasteiger partial charge in [-0.15, -0.1) is 0 Å². The molecule has 0 amide bonds. The van der Waals surface area contributed by atoms with Crippen LogP contribution < -0.4 is 0 Å². The molecule has 0 aliphatic carbocycles. The Bertz CT molecular complexity index is 768. The topological polar surface area (TPSA) is 29.5 Å². The van der Waals surface area contributed by atoms with E-state index in [4.69, 9.17) is 4.74 Å². The first-order valence-corrected chi connectivity index (χ1v) is 9.39. The van der Waals surface area contributed by atoms with Crippen molar-refractivity contribution in [2.75, 3.05) is 19.7 Å². The standard InChI is InChI=1S/C21H22BrNO2/c1-2-25-21(24)18-9-7-16(8-10-18)17-11-13-23(14-12-17)15-19-5-3-4-6-20(19)22/h3-11H,2,12-15H2,1H3. The summed E-state index contributed by atoms with van der Waals surface area (Å²) in [5, 5.41) is 0. The summed E-state index contributed by atoms with van der Waals surface area (Å²) in [6, 6.07) is 16.1. The van der Waals surface area contributed by atoms with Crippen molar-refractivity contribution >= 4 is 27.5 Å². The van der Waals surface area contributed by atoms with Crippen LogP contribution in [0.3, 0.4) is 0 Å². The van der Waals surface area contributed by atoms with Crippen molar-refractivity contribution in [1.29, 1.82) is 0 Å². The molecule has 2 aromatic carbocycles. The Morgan fingerprint density at radius 3 is 2.56 bits per heavy atom. The van der Waals surface area contributed by atoms with E-state index >= 15 is 0 Å². The molecule has 0 saturated heterocycles. The normalized spacial score (nSPS) is 14.9. The molecule has 1 heterocycles. The summed E-state index contributed by atoms with van der Waals surface area (Å²) < 4.78 is 6.20. The number of ether oxygens (including phenoxy) is 1. The number of benzene rings is 2. The molecule has 0 unspecified atom stereocenters. The van der Waals surface area contributed by atoms with Crippen molar-refractivity contribution in [3.05, 3.63) is 75.8 Å². The van der Waals surface area contributed by atoms with Gasteiger partial charge >= 0.3 is 5.97 Å². The first-order valence-electron chi connectivity index (χ1n) is 8.59. The number of carbonyl (C=O) groups is 1. The predicted molar refractivity (Wildman–Crippen MR) is 104 cm³/mol. The number of hydrogen-bond donors (Lipinski definition) is 0. The van der Waals surface area contributed by atoms with Gasteiger partial charge in [0, 0.05) is 24.1 Å². The molecule has 2 aromatic rings. The lowest BCUT2D eigenvalue weighted by Crippen LogP contribution is -2.28. The third-order valence-electron chi connectivity index (χ3n) is 4.41. The van der Waals surface area contributed by atoms with Crippen LogP contribution in [-0.2, 0) is 11.3 Å². The second-order valence-corrected chi connectivity index (χ2v) is 6.96. The average Bonchev–Trinajstić information content (AvgIpc) is 2.65. The van der Waals surface area contributed by atoms with E-state index in [2.05, 4.69) is 45.1 Å². The minimum atomic E-state index is -0.258. The molecule has 25 heavy (non-hydrogen) atoms. The maximum absolute atomic E-state index is 11.7. The van der Waals surface area contributed by atoms with Crippen LogP contribution in [0.1, 0.15) is 34.8 Å². The molecule has 0 aromatic heterocycles. The zero-order valence-corrected chi connectivity index (χ0v) is 16.0. The Kier molecular flexibility index (Phi) is 6.05. The summed E-state index contributed by atoms with van der Waals surface area (Å²) in [7, 11) is 0. The van der Waals surface area contributed by atoms with Crippen molar-refractivity contribution < 1.29 is 9.53 Å². The number of nitrogens with zero attached hydrogens (tertiary/aromatic N) is 1. The molecule has 0 radical (unpaired) electrons. The van der Waals surface area contributed by atoms with Gasteiger partial charge in [-0.25, -0.2) is 4.79 Å². The summed E-state index contributed by atoms with van der Waals surface area (Å²) in [4.78, 5) is 14.2. The SMILES string of the molecule is CCOC(=O)c1ccc(C2=CCN(Cc3ccccc3Br)CC2)cc1. The van der Waals surface area contributed by atoms with Crippen molar-refractivity contribution in [2.24, 2.45) is 0 Å². The molecule has 0 spiro atoms. The van der Waals surface area contributed by atoms with Gasteiger partial charge in [-0.1, -0.05) is 52.3 Å². The minimum Gasteiger partial charge on any atom is -0.462 e. The molecule has 1 aliphatic rings. The Morgan fingerprint density at radius 1 is 1.16 bits per heavy atom. The summed E-state index contributed by atoms with van der Waals surface area (Å²) in [6.45, 7) is 5.15. The highest BCUT2D eigenvalue weighted by molar-refractivity contribution is 9.10. The van der Waals surface area contributed by atoms with E-state index in [1.54, 1.807) is 0 Å². The van der Waals surface area contributed by atoms with E-state index in [0.717, 1.165) is 26.1 Å².